The molecule has 2 N–H and O–H groups in total. The molecule has 2 saturated carbocycles. The van der Waals surface area contributed by atoms with Gasteiger partial charge in [-0.15, -0.1) is 0 Å². The van der Waals surface area contributed by atoms with Gasteiger partial charge in [-0.25, -0.2) is 0 Å². The molecule has 6 aliphatic rings. The van der Waals surface area contributed by atoms with Crippen molar-refractivity contribution in [1.29, 1.82) is 0 Å². The van der Waals surface area contributed by atoms with E-state index in [2.05, 4.69) is 69.0 Å². The third-order valence-corrected chi connectivity index (χ3v) is 13.1. The SMILES string of the molecule is O=C(CCC(=O)NC1CCC(CCN2[C@@H]3CC[C@H]2c2ccccc23)CC1)NC1CCC(CCN2C3CC[C@@H]2c2ccccc23)CC1. The van der Waals surface area contributed by atoms with Crippen LogP contribution >= 0.6 is 0 Å². The second-order valence-corrected chi connectivity index (χ2v) is 15.6. The fraction of sp³-hybridized carbons (Fsp3) is 0.650. The Labute approximate surface area is 276 Å². The molecule has 4 heterocycles. The van der Waals surface area contributed by atoms with Gasteiger partial charge in [0.05, 0.1) is 0 Å². The predicted octanol–water partition coefficient (Wildman–Crippen LogP) is 7.68. The largest absolute Gasteiger partial charge is 0.353 e. The highest BCUT2D eigenvalue weighted by Gasteiger charge is 2.44. The topological polar surface area (TPSA) is 64.7 Å². The number of carbonyl (C=O) groups is 2. The Morgan fingerprint density at radius 1 is 0.500 bits per heavy atom. The highest BCUT2D eigenvalue weighted by molar-refractivity contribution is 5.84. The van der Waals surface area contributed by atoms with E-state index in [1.807, 2.05) is 0 Å². The van der Waals surface area contributed by atoms with Crippen molar-refractivity contribution in [3.63, 3.8) is 0 Å². The zero-order valence-corrected chi connectivity index (χ0v) is 27.7. The van der Waals surface area contributed by atoms with E-state index in [1.165, 1.54) is 77.3 Å². The van der Waals surface area contributed by atoms with Crippen molar-refractivity contribution >= 4 is 11.8 Å². The zero-order valence-electron chi connectivity index (χ0n) is 27.7. The van der Waals surface area contributed by atoms with Crippen molar-refractivity contribution < 1.29 is 9.59 Å². The molecule has 2 saturated heterocycles. The first-order chi connectivity index (χ1) is 22.6. The first-order valence-corrected chi connectivity index (χ1v) is 18.9. The lowest BCUT2D eigenvalue weighted by atomic mass is 9.83. The van der Waals surface area contributed by atoms with Gasteiger partial charge in [0.15, 0.2) is 0 Å². The van der Waals surface area contributed by atoms with Crippen molar-refractivity contribution in [2.24, 2.45) is 11.8 Å². The summed E-state index contributed by atoms with van der Waals surface area (Å²) in [5.74, 6) is 1.63. The smallest absolute Gasteiger partial charge is 0.220 e. The molecule has 6 nitrogen and oxygen atoms in total. The number of fused-ring (bicyclic) bond motifs is 10. The van der Waals surface area contributed by atoms with Crippen LogP contribution < -0.4 is 10.6 Å². The van der Waals surface area contributed by atoms with E-state index in [1.54, 1.807) is 22.3 Å². The van der Waals surface area contributed by atoms with Gasteiger partial charge in [-0.05, 0) is 137 Å². The third kappa shape index (κ3) is 6.17. The molecule has 2 aromatic rings. The fourth-order valence-corrected chi connectivity index (χ4v) is 10.6. The molecular weight excluding hydrogens is 568 g/mol. The minimum atomic E-state index is 0.0479. The minimum absolute atomic E-state index is 0.0479. The summed E-state index contributed by atoms with van der Waals surface area (Å²) in [7, 11) is 0. The van der Waals surface area contributed by atoms with Gasteiger partial charge in [0.2, 0.25) is 11.8 Å². The molecule has 246 valence electrons. The number of rotatable bonds is 11. The maximum atomic E-state index is 12.7. The monoisotopic (exact) mass is 622 g/mol. The van der Waals surface area contributed by atoms with E-state index in [9.17, 15) is 9.59 Å². The summed E-state index contributed by atoms with van der Waals surface area (Å²) in [5, 5.41) is 6.52. The van der Waals surface area contributed by atoms with Crippen molar-refractivity contribution in [2.45, 2.75) is 139 Å². The highest BCUT2D eigenvalue weighted by Crippen LogP contribution is 2.54. The summed E-state index contributed by atoms with van der Waals surface area (Å²) in [6.07, 6.45) is 17.5. The van der Waals surface area contributed by atoms with Gasteiger partial charge < -0.3 is 10.6 Å². The number of nitrogens with zero attached hydrogens (tertiary/aromatic N) is 2. The Morgan fingerprint density at radius 3 is 1.15 bits per heavy atom. The maximum absolute atomic E-state index is 12.7. The molecule has 6 heteroatoms. The Bertz CT molecular complexity index is 1230. The summed E-state index contributed by atoms with van der Waals surface area (Å²) < 4.78 is 0. The van der Waals surface area contributed by atoms with Crippen LogP contribution in [0.4, 0.5) is 0 Å². The molecule has 2 aliphatic carbocycles. The second kappa shape index (κ2) is 13.4. The average Bonchev–Trinajstić information content (AvgIpc) is 3.85. The molecule has 4 fully saturated rings. The normalized spacial score (nSPS) is 33.1. The van der Waals surface area contributed by atoms with Crippen LogP contribution in [0.1, 0.15) is 149 Å². The molecule has 4 bridgehead atoms. The van der Waals surface area contributed by atoms with Crippen LogP contribution in [0.2, 0.25) is 0 Å². The number of hydrogen-bond donors (Lipinski definition) is 2. The third-order valence-electron chi connectivity index (χ3n) is 13.1. The number of nitrogens with one attached hydrogen (secondary N) is 2. The van der Waals surface area contributed by atoms with Gasteiger partial charge in [-0.1, -0.05) is 48.5 Å². The highest BCUT2D eigenvalue weighted by atomic mass is 16.2. The number of hydrogen-bond acceptors (Lipinski definition) is 4. The standard InChI is InChI=1S/C40H54N4O2/c45-39(41-29-13-9-27(10-14-29)23-25-43-35-17-18-36(43)32-6-2-1-5-31(32)35)21-22-40(46)42-30-15-11-28(12-16-30)24-26-44-37-19-20-38(44)34-8-4-3-7-33(34)37/h1-8,27-30,35-38H,9-26H2,(H,41,45)(H,42,46)/t27?,28?,29?,30?,35-,36+,37-,38?/m1/s1. The molecule has 0 radical (unpaired) electrons. The van der Waals surface area contributed by atoms with Crippen LogP contribution in [0, 0.1) is 11.8 Å². The Kier molecular flexibility index (Phi) is 8.94. The number of carbonyl (C=O) groups excluding carboxylic acids is 2. The number of amides is 2. The summed E-state index contributed by atoms with van der Waals surface area (Å²) in [6, 6.07) is 21.3. The van der Waals surface area contributed by atoms with Gasteiger partial charge in [0, 0.05) is 49.1 Å². The molecule has 2 amide bonds. The maximum Gasteiger partial charge on any atom is 0.220 e. The van der Waals surface area contributed by atoms with E-state index in [4.69, 9.17) is 0 Å². The van der Waals surface area contributed by atoms with Crippen LogP contribution in [0.15, 0.2) is 48.5 Å². The van der Waals surface area contributed by atoms with Crippen LogP contribution in [-0.4, -0.2) is 46.8 Å². The van der Waals surface area contributed by atoms with E-state index >= 15 is 0 Å². The molecule has 4 aliphatic heterocycles. The molecule has 0 spiro atoms. The molecule has 1 unspecified atom stereocenters. The predicted molar refractivity (Wildman–Crippen MR) is 182 cm³/mol. The Balaban J connectivity index is 0.685. The van der Waals surface area contributed by atoms with Gasteiger partial charge in [-0.2, -0.15) is 0 Å². The van der Waals surface area contributed by atoms with Gasteiger partial charge in [0.1, 0.15) is 0 Å². The van der Waals surface area contributed by atoms with E-state index < -0.39 is 0 Å². The summed E-state index contributed by atoms with van der Waals surface area (Å²) in [5.41, 5.74) is 6.31. The number of benzene rings is 2. The van der Waals surface area contributed by atoms with Crippen LogP contribution in [0.5, 0.6) is 0 Å². The molecule has 0 aromatic heterocycles. The minimum Gasteiger partial charge on any atom is -0.353 e. The van der Waals surface area contributed by atoms with Crippen molar-refractivity contribution in [2.75, 3.05) is 13.1 Å². The lowest BCUT2D eigenvalue weighted by molar-refractivity contribution is -0.127. The molecule has 8 rings (SSSR count). The molecule has 4 atom stereocenters. The summed E-state index contributed by atoms with van der Waals surface area (Å²) in [6.45, 7) is 2.41. The van der Waals surface area contributed by atoms with Crippen molar-refractivity contribution in [1.82, 2.24) is 20.4 Å². The summed E-state index contributed by atoms with van der Waals surface area (Å²) in [4.78, 5) is 31.0. The second-order valence-electron chi connectivity index (χ2n) is 15.6. The van der Waals surface area contributed by atoms with E-state index in [0.717, 1.165) is 37.5 Å². The zero-order chi connectivity index (χ0) is 31.0. The quantitative estimate of drug-likeness (QED) is 0.270. The first kappa shape index (κ1) is 30.6. The van der Waals surface area contributed by atoms with Crippen LogP contribution in [0.3, 0.4) is 0 Å². The Hall–Kier alpha value is -2.70. The molecule has 2 aromatic carbocycles. The van der Waals surface area contributed by atoms with Gasteiger partial charge in [-0.3, -0.25) is 19.4 Å². The lowest BCUT2D eigenvalue weighted by Crippen LogP contribution is -2.40. The van der Waals surface area contributed by atoms with Crippen molar-refractivity contribution in [3.8, 4) is 0 Å². The molecule has 46 heavy (non-hydrogen) atoms. The summed E-state index contributed by atoms with van der Waals surface area (Å²) >= 11 is 0. The lowest BCUT2D eigenvalue weighted by Gasteiger charge is -2.31. The molecular formula is C40H54N4O2. The van der Waals surface area contributed by atoms with Crippen molar-refractivity contribution in [3.05, 3.63) is 70.8 Å². The average molecular weight is 623 g/mol. The first-order valence-electron chi connectivity index (χ1n) is 18.9. The Morgan fingerprint density at radius 2 is 0.826 bits per heavy atom. The van der Waals surface area contributed by atoms with Crippen LogP contribution in [0.25, 0.3) is 0 Å². The van der Waals surface area contributed by atoms with Crippen LogP contribution in [-0.2, 0) is 9.59 Å². The van der Waals surface area contributed by atoms with E-state index in [-0.39, 0.29) is 23.9 Å². The van der Waals surface area contributed by atoms with E-state index in [0.29, 0.717) is 37.0 Å². The van der Waals surface area contributed by atoms with Gasteiger partial charge >= 0.3 is 0 Å². The fourth-order valence-electron chi connectivity index (χ4n) is 10.6. The van der Waals surface area contributed by atoms with Gasteiger partial charge in [0.25, 0.3) is 0 Å².